The molecule has 1 aliphatic carbocycles. The molecule has 4 rings (SSSR count). The van der Waals surface area contributed by atoms with Crippen LogP contribution in [0.15, 0.2) is 54.6 Å². The summed E-state index contributed by atoms with van der Waals surface area (Å²) in [5, 5.41) is 11.4. The van der Waals surface area contributed by atoms with Gasteiger partial charge in [0.1, 0.15) is 0 Å². The molecule has 1 saturated carbocycles. The van der Waals surface area contributed by atoms with Crippen molar-refractivity contribution < 1.29 is 4.79 Å². The Hall–Kier alpha value is -2.95. The van der Waals surface area contributed by atoms with Gasteiger partial charge in [0.05, 0.1) is 11.4 Å². The molecule has 0 saturated heterocycles. The number of nitrogens with zero attached hydrogens (tertiary/aromatic N) is 3. The van der Waals surface area contributed by atoms with Gasteiger partial charge in [-0.25, -0.2) is 4.68 Å². The Kier molecular flexibility index (Phi) is 4.06. The third-order valence-electron chi connectivity index (χ3n) is 4.46. The highest BCUT2D eigenvalue weighted by Gasteiger charge is 2.34. The van der Waals surface area contributed by atoms with Crippen molar-refractivity contribution in [3.63, 3.8) is 0 Å². The van der Waals surface area contributed by atoms with Crippen LogP contribution in [0.25, 0.3) is 5.69 Å². The van der Waals surface area contributed by atoms with Crippen LogP contribution in [0.3, 0.4) is 0 Å². The minimum absolute atomic E-state index is 0.163. The summed E-state index contributed by atoms with van der Waals surface area (Å²) in [7, 11) is 0. The molecule has 1 aromatic heterocycles. The summed E-state index contributed by atoms with van der Waals surface area (Å²) >= 11 is 0. The number of carbonyl (C=O) groups excluding carboxylic acids is 1. The summed E-state index contributed by atoms with van der Waals surface area (Å²) in [6.45, 7) is 2.54. The molecule has 0 aliphatic heterocycles. The molecule has 0 bridgehead atoms. The third-order valence-corrected chi connectivity index (χ3v) is 4.46. The molecule has 0 unspecified atom stereocenters. The molecular formula is C20H20N4O. The van der Waals surface area contributed by atoms with Gasteiger partial charge in [-0.05, 0) is 37.5 Å². The van der Waals surface area contributed by atoms with Crippen molar-refractivity contribution >= 4 is 5.91 Å². The zero-order valence-corrected chi connectivity index (χ0v) is 14.1. The number of rotatable bonds is 5. The van der Waals surface area contributed by atoms with E-state index in [4.69, 9.17) is 0 Å². The van der Waals surface area contributed by atoms with Crippen LogP contribution in [0, 0.1) is 6.92 Å². The standard InChI is InChI=1S/C20H20N4O/c1-14-7-11-17(12-8-14)24-19(16-9-10-16)18(22-23-24)20(25)21-13-15-5-3-2-4-6-15/h2-8,11-12,16H,9-10,13H2,1H3,(H,21,25). The molecule has 25 heavy (non-hydrogen) atoms. The fourth-order valence-electron chi connectivity index (χ4n) is 2.91. The Labute approximate surface area is 146 Å². The molecule has 1 fully saturated rings. The van der Waals surface area contributed by atoms with E-state index in [2.05, 4.69) is 22.6 Å². The minimum Gasteiger partial charge on any atom is -0.347 e. The van der Waals surface area contributed by atoms with Gasteiger partial charge in [-0.3, -0.25) is 4.79 Å². The second-order valence-electron chi connectivity index (χ2n) is 6.51. The van der Waals surface area contributed by atoms with E-state index in [1.54, 1.807) is 0 Å². The molecule has 3 aromatic rings. The Bertz CT molecular complexity index is 880. The summed E-state index contributed by atoms with van der Waals surface area (Å²) < 4.78 is 1.81. The highest BCUT2D eigenvalue weighted by Crippen LogP contribution is 2.41. The summed E-state index contributed by atoms with van der Waals surface area (Å²) in [4.78, 5) is 12.6. The first-order valence-corrected chi connectivity index (χ1v) is 8.57. The van der Waals surface area contributed by atoms with Crippen LogP contribution in [0.2, 0.25) is 0 Å². The van der Waals surface area contributed by atoms with E-state index in [9.17, 15) is 4.79 Å². The van der Waals surface area contributed by atoms with Gasteiger partial charge in [0, 0.05) is 12.5 Å². The lowest BCUT2D eigenvalue weighted by molar-refractivity contribution is 0.0945. The van der Waals surface area contributed by atoms with E-state index in [0.29, 0.717) is 18.2 Å². The van der Waals surface area contributed by atoms with E-state index < -0.39 is 0 Å². The molecule has 5 heteroatoms. The number of benzene rings is 2. The maximum absolute atomic E-state index is 12.6. The van der Waals surface area contributed by atoms with Crippen molar-refractivity contribution in [2.45, 2.75) is 32.2 Å². The maximum Gasteiger partial charge on any atom is 0.274 e. The molecule has 5 nitrogen and oxygen atoms in total. The molecular weight excluding hydrogens is 312 g/mol. The summed E-state index contributed by atoms with van der Waals surface area (Å²) in [6.07, 6.45) is 2.16. The first-order valence-electron chi connectivity index (χ1n) is 8.57. The number of aromatic nitrogens is 3. The quantitative estimate of drug-likeness (QED) is 0.779. The lowest BCUT2D eigenvalue weighted by Gasteiger charge is -2.08. The number of amides is 1. The number of nitrogens with one attached hydrogen (secondary N) is 1. The third kappa shape index (κ3) is 3.31. The van der Waals surface area contributed by atoms with Gasteiger partial charge in [0.15, 0.2) is 5.69 Å². The van der Waals surface area contributed by atoms with Crippen molar-refractivity contribution in [2.24, 2.45) is 0 Å². The fraction of sp³-hybridized carbons (Fsp3) is 0.250. The molecule has 0 radical (unpaired) electrons. The molecule has 126 valence electrons. The first-order chi connectivity index (χ1) is 12.2. The number of hydrogen-bond acceptors (Lipinski definition) is 3. The predicted molar refractivity (Wildman–Crippen MR) is 95.7 cm³/mol. The van der Waals surface area contributed by atoms with Crippen molar-refractivity contribution in [2.75, 3.05) is 0 Å². The average molecular weight is 332 g/mol. The SMILES string of the molecule is Cc1ccc(-n2nnc(C(=O)NCc3ccccc3)c2C2CC2)cc1. The molecule has 0 spiro atoms. The lowest BCUT2D eigenvalue weighted by Crippen LogP contribution is -2.24. The van der Waals surface area contributed by atoms with Crippen LogP contribution in [0.5, 0.6) is 0 Å². The Morgan fingerprint density at radius 3 is 2.52 bits per heavy atom. The van der Waals surface area contributed by atoms with Gasteiger partial charge >= 0.3 is 0 Å². The van der Waals surface area contributed by atoms with Crippen molar-refractivity contribution in [3.8, 4) is 5.69 Å². The second-order valence-corrected chi connectivity index (χ2v) is 6.51. The zero-order chi connectivity index (χ0) is 17.2. The Balaban J connectivity index is 1.59. The van der Waals surface area contributed by atoms with Crippen molar-refractivity contribution in [3.05, 3.63) is 77.1 Å². The summed E-state index contributed by atoms with van der Waals surface area (Å²) in [6, 6.07) is 18.0. The first kappa shape index (κ1) is 15.6. The van der Waals surface area contributed by atoms with Crippen LogP contribution < -0.4 is 5.32 Å². The molecule has 0 atom stereocenters. The lowest BCUT2D eigenvalue weighted by atomic mass is 10.1. The Morgan fingerprint density at radius 2 is 1.84 bits per heavy atom. The van der Waals surface area contributed by atoms with Crippen LogP contribution >= 0.6 is 0 Å². The van der Waals surface area contributed by atoms with E-state index in [-0.39, 0.29) is 5.91 Å². The largest absolute Gasteiger partial charge is 0.347 e. The average Bonchev–Trinajstić information content (AvgIpc) is 3.39. The molecule has 1 aliphatic rings. The van der Waals surface area contributed by atoms with Gasteiger partial charge < -0.3 is 5.32 Å². The van der Waals surface area contributed by atoms with E-state index in [0.717, 1.165) is 29.8 Å². The van der Waals surface area contributed by atoms with Gasteiger partial charge in [0.2, 0.25) is 0 Å². The maximum atomic E-state index is 12.6. The van der Waals surface area contributed by atoms with Crippen LogP contribution in [-0.2, 0) is 6.54 Å². The van der Waals surface area contributed by atoms with E-state index in [1.165, 1.54) is 5.56 Å². The highest BCUT2D eigenvalue weighted by molar-refractivity contribution is 5.93. The summed E-state index contributed by atoms with van der Waals surface area (Å²) in [5.41, 5.74) is 4.57. The fourth-order valence-corrected chi connectivity index (χ4v) is 2.91. The smallest absolute Gasteiger partial charge is 0.274 e. The molecule has 1 heterocycles. The number of hydrogen-bond donors (Lipinski definition) is 1. The topological polar surface area (TPSA) is 59.8 Å². The number of carbonyl (C=O) groups is 1. The highest BCUT2D eigenvalue weighted by atomic mass is 16.2. The molecule has 2 aromatic carbocycles. The minimum atomic E-state index is -0.163. The Morgan fingerprint density at radius 1 is 1.12 bits per heavy atom. The van der Waals surface area contributed by atoms with Gasteiger partial charge in [0.25, 0.3) is 5.91 Å². The summed E-state index contributed by atoms with van der Waals surface area (Å²) in [5.74, 6) is 0.206. The van der Waals surface area contributed by atoms with Gasteiger partial charge in [-0.2, -0.15) is 0 Å². The second kappa shape index (κ2) is 6.51. The molecule has 1 amide bonds. The van der Waals surface area contributed by atoms with Crippen LogP contribution in [0.1, 0.15) is 46.1 Å². The van der Waals surface area contributed by atoms with E-state index >= 15 is 0 Å². The number of aryl methyl sites for hydroxylation is 1. The van der Waals surface area contributed by atoms with E-state index in [1.807, 2.05) is 59.3 Å². The van der Waals surface area contributed by atoms with Crippen LogP contribution in [-0.4, -0.2) is 20.9 Å². The normalized spacial score (nSPS) is 13.6. The van der Waals surface area contributed by atoms with Gasteiger partial charge in [-0.15, -0.1) is 5.10 Å². The van der Waals surface area contributed by atoms with Crippen LogP contribution in [0.4, 0.5) is 0 Å². The zero-order valence-electron chi connectivity index (χ0n) is 14.1. The predicted octanol–water partition coefficient (Wildman–Crippen LogP) is 3.38. The monoisotopic (exact) mass is 332 g/mol. The molecule has 1 N–H and O–H groups in total. The van der Waals surface area contributed by atoms with Crippen molar-refractivity contribution in [1.82, 2.24) is 20.3 Å². The van der Waals surface area contributed by atoms with Crippen molar-refractivity contribution in [1.29, 1.82) is 0 Å². The van der Waals surface area contributed by atoms with Gasteiger partial charge in [-0.1, -0.05) is 53.2 Å².